The number of hydrogen-bond donors (Lipinski definition) is 0. The van der Waals surface area contributed by atoms with Gasteiger partial charge in [-0.25, -0.2) is 0 Å². The van der Waals surface area contributed by atoms with E-state index in [0.717, 1.165) is 63.2 Å². The molecule has 0 aromatic carbocycles. The van der Waals surface area contributed by atoms with Crippen molar-refractivity contribution in [3.63, 3.8) is 0 Å². The van der Waals surface area contributed by atoms with Crippen LogP contribution >= 0.6 is 24.0 Å². The minimum absolute atomic E-state index is 0.0774. The smallest absolute Gasteiger partial charge is 0.270 e. The van der Waals surface area contributed by atoms with E-state index in [0.29, 0.717) is 33.8 Å². The first-order valence-corrected chi connectivity index (χ1v) is 13.9. The van der Waals surface area contributed by atoms with Crippen LogP contribution in [0.25, 0.3) is 6.08 Å². The van der Waals surface area contributed by atoms with Gasteiger partial charge >= 0.3 is 0 Å². The number of nitrogens with zero attached hydrogens (tertiary/aromatic N) is 5. The van der Waals surface area contributed by atoms with Crippen molar-refractivity contribution in [2.24, 2.45) is 5.92 Å². The molecule has 2 aliphatic rings. The Kier molecular flexibility index (Phi) is 9.56. The molecule has 0 spiro atoms. The molecule has 1 amide bonds. The van der Waals surface area contributed by atoms with Crippen LogP contribution in [0.4, 0.5) is 5.82 Å². The molecular formula is C26H37N5O2S2. The lowest BCUT2D eigenvalue weighted by molar-refractivity contribution is -0.122. The van der Waals surface area contributed by atoms with Crippen LogP contribution in [0.1, 0.15) is 63.1 Å². The number of hydrogen-bond acceptors (Lipinski definition) is 7. The third kappa shape index (κ3) is 5.82. The highest BCUT2D eigenvalue weighted by Gasteiger charge is 2.34. The van der Waals surface area contributed by atoms with Crippen LogP contribution in [-0.4, -0.2) is 64.4 Å². The number of unbranched alkanes of at least 4 members (excludes halogenated alkanes) is 1. The van der Waals surface area contributed by atoms with Crippen LogP contribution < -0.4 is 10.5 Å². The van der Waals surface area contributed by atoms with E-state index in [4.69, 9.17) is 12.2 Å². The Bertz CT molecular complexity index is 1100. The van der Waals surface area contributed by atoms with Gasteiger partial charge in [0, 0.05) is 44.8 Å². The van der Waals surface area contributed by atoms with Crippen molar-refractivity contribution in [3.8, 4) is 6.07 Å². The van der Waals surface area contributed by atoms with Crippen LogP contribution in [0.3, 0.4) is 0 Å². The monoisotopic (exact) mass is 515 g/mol. The second kappa shape index (κ2) is 12.2. The minimum Gasteiger partial charge on any atom is -0.355 e. The molecule has 0 bridgehead atoms. The molecule has 3 heterocycles. The molecule has 2 aliphatic heterocycles. The zero-order chi connectivity index (χ0) is 25.7. The van der Waals surface area contributed by atoms with Crippen molar-refractivity contribution < 1.29 is 4.79 Å². The molecule has 35 heavy (non-hydrogen) atoms. The summed E-state index contributed by atoms with van der Waals surface area (Å²) < 4.78 is 2.26. The van der Waals surface area contributed by atoms with Crippen molar-refractivity contribution in [1.82, 2.24) is 14.4 Å². The largest absolute Gasteiger partial charge is 0.355 e. The molecule has 0 radical (unpaired) electrons. The molecular weight excluding hydrogens is 478 g/mol. The molecule has 0 aliphatic carbocycles. The molecule has 1 aromatic rings. The van der Waals surface area contributed by atoms with E-state index in [1.54, 1.807) is 9.47 Å². The summed E-state index contributed by atoms with van der Waals surface area (Å²) in [6, 6.07) is 2.11. The third-order valence-electron chi connectivity index (χ3n) is 7.10. The number of likely N-dealkylation sites (N-methyl/N-ethyl adjacent to an activating group) is 1. The predicted octanol–water partition coefficient (Wildman–Crippen LogP) is 4.22. The summed E-state index contributed by atoms with van der Waals surface area (Å²) in [5.74, 6) is 1.14. The second-order valence-electron chi connectivity index (χ2n) is 9.40. The maximum absolute atomic E-state index is 13.5. The Balaban J connectivity index is 2.06. The lowest BCUT2D eigenvalue weighted by atomic mass is 9.99. The van der Waals surface area contributed by atoms with E-state index in [9.17, 15) is 14.9 Å². The molecule has 0 N–H and O–H groups in total. The number of nitriles is 1. The van der Waals surface area contributed by atoms with Gasteiger partial charge in [-0.1, -0.05) is 57.1 Å². The zero-order valence-electron chi connectivity index (χ0n) is 21.6. The normalized spacial score (nSPS) is 19.0. The molecule has 7 nitrogen and oxygen atoms in total. The van der Waals surface area contributed by atoms with Crippen LogP contribution in [0.15, 0.2) is 9.70 Å². The van der Waals surface area contributed by atoms with Gasteiger partial charge in [0.1, 0.15) is 21.8 Å². The van der Waals surface area contributed by atoms with Crippen molar-refractivity contribution >= 4 is 46.1 Å². The summed E-state index contributed by atoms with van der Waals surface area (Å²) in [5.41, 5.74) is 1.26. The highest BCUT2D eigenvalue weighted by Crippen LogP contribution is 2.37. The summed E-state index contributed by atoms with van der Waals surface area (Å²) >= 11 is 6.94. The number of anilines is 1. The van der Waals surface area contributed by atoms with Gasteiger partial charge in [0.15, 0.2) is 0 Å². The van der Waals surface area contributed by atoms with Gasteiger partial charge in [0.05, 0.1) is 4.91 Å². The Morgan fingerprint density at radius 1 is 1.17 bits per heavy atom. The predicted molar refractivity (Wildman–Crippen MR) is 149 cm³/mol. The van der Waals surface area contributed by atoms with E-state index < -0.39 is 0 Å². The van der Waals surface area contributed by atoms with Gasteiger partial charge in [0.25, 0.3) is 11.5 Å². The Morgan fingerprint density at radius 3 is 2.43 bits per heavy atom. The van der Waals surface area contributed by atoms with Gasteiger partial charge in [-0.15, -0.1) is 0 Å². The van der Waals surface area contributed by atoms with Crippen LogP contribution in [0.5, 0.6) is 0 Å². The summed E-state index contributed by atoms with van der Waals surface area (Å²) in [6.45, 7) is 12.5. The molecule has 1 aromatic heterocycles. The van der Waals surface area contributed by atoms with E-state index in [-0.39, 0.29) is 17.0 Å². The summed E-state index contributed by atoms with van der Waals surface area (Å²) in [7, 11) is 2.09. The molecule has 1 unspecified atom stereocenters. The molecule has 0 saturated carbocycles. The lowest BCUT2D eigenvalue weighted by Gasteiger charge is -2.36. The third-order valence-corrected chi connectivity index (χ3v) is 8.48. The van der Waals surface area contributed by atoms with Crippen molar-refractivity contribution in [3.05, 3.63) is 31.9 Å². The van der Waals surface area contributed by atoms with Gasteiger partial charge in [-0.2, -0.15) is 5.26 Å². The SMILES string of the molecule is CCCCC(CC)CN1C(=O)/C(=C/c2c(C)c(C#N)c(=O)n(CC)c2N2CCN(C)CC2)SC1=S. The second-order valence-corrected chi connectivity index (χ2v) is 11.1. The highest BCUT2D eigenvalue weighted by atomic mass is 32.2. The van der Waals surface area contributed by atoms with Crippen molar-refractivity contribution in [2.45, 2.75) is 59.9 Å². The van der Waals surface area contributed by atoms with Gasteiger partial charge in [-0.05, 0) is 44.9 Å². The number of pyridine rings is 1. The van der Waals surface area contributed by atoms with Crippen molar-refractivity contribution in [2.75, 3.05) is 44.7 Å². The van der Waals surface area contributed by atoms with Crippen molar-refractivity contribution in [1.29, 1.82) is 5.26 Å². The number of amides is 1. The first-order valence-electron chi connectivity index (χ1n) is 12.6. The summed E-state index contributed by atoms with van der Waals surface area (Å²) in [4.78, 5) is 33.4. The van der Waals surface area contributed by atoms with Crippen LogP contribution in [-0.2, 0) is 11.3 Å². The number of carbonyl (C=O) groups excluding carboxylic acids is 1. The fourth-order valence-corrected chi connectivity index (χ4v) is 6.02. The summed E-state index contributed by atoms with van der Waals surface area (Å²) in [6.07, 6.45) is 6.24. The maximum Gasteiger partial charge on any atom is 0.270 e. The average Bonchev–Trinajstić information content (AvgIpc) is 3.11. The Hall–Kier alpha value is -2.15. The molecule has 3 rings (SSSR count). The van der Waals surface area contributed by atoms with E-state index in [1.807, 2.05) is 19.9 Å². The minimum atomic E-state index is -0.271. The number of piperazine rings is 1. The van der Waals surface area contributed by atoms with E-state index >= 15 is 0 Å². The molecule has 2 fully saturated rings. The standard InChI is InChI=1S/C26H37N5O2S2/c1-6-9-10-19(7-2)17-31-25(33)22(35-26(31)34)15-20-18(4)21(16-27)24(32)30(8-3)23(20)29-13-11-28(5)12-14-29/h15,19H,6-14,17H2,1-5H3/b22-15-. The van der Waals surface area contributed by atoms with E-state index in [2.05, 4.69) is 36.8 Å². The number of carbonyl (C=O) groups is 1. The fourth-order valence-electron chi connectivity index (χ4n) is 4.76. The highest BCUT2D eigenvalue weighted by molar-refractivity contribution is 8.26. The van der Waals surface area contributed by atoms with Crippen LogP contribution in [0.2, 0.25) is 0 Å². The zero-order valence-corrected chi connectivity index (χ0v) is 23.2. The average molecular weight is 516 g/mol. The van der Waals surface area contributed by atoms with Gasteiger partial charge in [-0.3, -0.25) is 19.1 Å². The quantitative estimate of drug-likeness (QED) is 0.360. The molecule has 9 heteroatoms. The molecule has 2 saturated heterocycles. The first-order chi connectivity index (χ1) is 16.8. The van der Waals surface area contributed by atoms with Crippen LogP contribution in [0, 0.1) is 24.2 Å². The topological polar surface area (TPSA) is 72.6 Å². The maximum atomic E-state index is 13.5. The molecule has 1 atom stereocenters. The number of aromatic nitrogens is 1. The Morgan fingerprint density at radius 2 is 1.86 bits per heavy atom. The van der Waals surface area contributed by atoms with Gasteiger partial charge in [0.2, 0.25) is 0 Å². The number of thiocarbonyl (C=S) groups is 1. The first kappa shape index (κ1) is 27.4. The number of thioether (sulfide) groups is 1. The number of rotatable bonds is 9. The van der Waals surface area contributed by atoms with Gasteiger partial charge < -0.3 is 9.80 Å². The summed E-state index contributed by atoms with van der Waals surface area (Å²) in [5, 5.41) is 9.77. The van der Waals surface area contributed by atoms with E-state index in [1.165, 1.54) is 11.8 Å². The fraction of sp³-hybridized carbons (Fsp3) is 0.615. The Labute approximate surface area is 218 Å². The molecule has 190 valence electrons. The lowest BCUT2D eigenvalue weighted by Crippen LogP contribution is -2.47.